The van der Waals surface area contributed by atoms with E-state index in [4.69, 9.17) is 10.5 Å². The molecule has 3 rings (SSSR count). The molecular weight excluding hydrogens is 338 g/mol. The van der Waals surface area contributed by atoms with Crippen LogP contribution in [0.1, 0.15) is 37.7 Å². The number of ether oxygens (including phenoxy) is 1. The molecule has 0 amide bonds. The largest absolute Gasteiger partial charge is 0.463 e. The second-order valence-corrected chi connectivity index (χ2v) is 6.13. The topological polar surface area (TPSA) is 125 Å². The number of dihydropyridines is 1. The first-order chi connectivity index (χ1) is 12.4. The monoisotopic (exact) mass is 357 g/mol. The molecule has 0 spiro atoms. The van der Waals surface area contributed by atoms with E-state index in [0.717, 1.165) is 0 Å². The lowest BCUT2D eigenvalue weighted by atomic mass is 9.76. The van der Waals surface area contributed by atoms with Crippen LogP contribution in [-0.4, -0.2) is 23.3 Å². The molecule has 0 fully saturated rings. The number of carbonyl (C=O) groups is 2. The Balaban J connectivity index is 2.19. The van der Waals surface area contributed by atoms with Gasteiger partial charge in [-0.3, -0.25) is 14.9 Å². The first-order valence-corrected chi connectivity index (χ1v) is 8.38. The number of non-ortho nitro benzene ring substituents is 1. The van der Waals surface area contributed by atoms with Gasteiger partial charge in [-0.05, 0) is 25.3 Å². The summed E-state index contributed by atoms with van der Waals surface area (Å²) in [5.41, 5.74) is 7.65. The summed E-state index contributed by atoms with van der Waals surface area (Å²) >= 11 is 0. The van der Waals surface area contributed by atoms with Crippen LogP contribution >= 0.6 is 0 Å². The van der Waals surface area contributed by atoms with Crippen LogP contribution in [0.5, 0.6) is 0 Å². The predicted octanol–water partition coefficient (Wildman–Crippen LogP) is 2.02. The normalized spacial score (nSPS) is 19.7. The fraction of sp³-hybridized carbons (Fsp3) is 0.333. The SMILES string of the molecule is CCOC(=O)C1=C(N)NC2=C(C(=O)CCC2)C1c1cccc([N+](=O)[O-])c1. The van der Waals surface area contributed by atoms with Crippen molar-refractivity contribution in [1.82, 2.24) is 5.32 Å². The number of benzene rings is 1. The van der Waals surface area contributed by atoms with Crippen LogP contribution in [0.4, 0.5) is 5.69 Å². The molecule has 1 aromatic rings. The van der Waals surface area contributed by atoms with E-state index >= 15 is 0 Å². The molecule has 0 radical (unpaired) electrons. The minimum absolute atomic E-state index is 0.0930. The Labute approximate surface area is 149 Å². The number of nitrogens with zero attached hydrogens (tertiary/aromatic N) is 1. The van der Waals surface area contributed by atoms with Gasteiger partial charge in [0.1, 0.15) is 5.82 Å². The van der Waals surface area contributed by atoms with Gasteiger partial charge in [0.05, 0.1) is 23.0 Å². The van der Waals surface area contributed by atoms with E-state index in [0.29, 0.717) is 36.1 Å². The average Bonchev–Trinajstić information content (AvgIpc) is 2.61. The molecule has 1 aromatic carbocycles. The minimum Gasteiger partial charge on any atom is -0.463 e. The lowest BCUT2D eigenvalue weighted by Gasteiger charge is -2.33. The molecule has 8 heteroatoms. The van der Waals surface area contributed by atoms with Crippen molar-refractivity contribution in [3.05, 3.63) is 62.6 Å². The van der Waals surface area contributed by atoms with Crippen molar-refractivity contribution < 1.29 is 19.2 Å². The van der Waals surface area contributed by atoms with Crippen molar-refractivity contribution in [3.8, 4) is 0 Å². The molecule has 0 bridgehead atoms. The Morgan fingerprint density at radius 1 is 1.42 bits per heavy atom. The summed E-state index contributed by atoms with van der Waals surface area (Å²) in [6, 6.07) is 5.92. The van der Waals surface area contributed by atoms with Crippen LogP contribution in [0.2, 0.25) is 0 Å². The zero-order chi connectivity index (χ0) is 18.8. The zero-order valence-corrected chi connectivity index (χ0v) is 14.3. The molecule has 8 nitrogen and oxygen atoms in total. The van der Waals surface area contributed by atoms with E-state index in [1.807, 2.05) is 0 Å². The molecule has 2 aliphatic rings. The molecule has 0 saturated heterocycles. The van der Waals surface area contributed by atoms with Crippen LogP contribution in [0.3, 0.4) is 0 Å². The lowest BCUT2D eigenvalue weighted by molar-refractivity contribution is -0.384. The summed E-state index contributed by atoms with van der Waals surface area (Å²) in [4.78, 5) is 35.8. The van der Waals surface area contributed by atoms with Gasteiger partial charge in [0, 0.05) is 29.8 Å². The van der Waals surface area contributed by atoms with Gasteiger partial charge < -0.3 is 15.8 Å². The van der Waals surface area contributed by atoms with Crippen LogP contribution < -0.4 is 11.1 Å². The summed E-state index contributed by atoms with van der Waals surface area (Å²) < 4.78 is 5.11. The van der Waals surface area contributed by atoms with E-state index in [-0.39, 0.29) is 29.5 Å². The van der Waals surface area contributed by atoms with Crippen LogP contribution in [0, 0.1) is 10.1 Å². The molecule has 0 saturated carbocycles. The number of allylic oxidation sites excluding steroid dienone is 2. The first-order valence-electron chi connectivity index (χ1n) is 8.38. The minimum atomic E-state index is -0.780. The van der Waals surface area contributed by atoms with E-state index < -0.39 is 16.8 Å². The Morgan fingerprint density at radius 2 is 2.19 bits per heavy atom. The third-order valence-electron chi connectivity index (χ3n) is 4.52. The van der Waals surface area contributed by atoms with Gasteiger partial charge in [-0.15, -0.1) is 0 Å². The molecular formula is C18H19N3O5. The molecule has 1 aliphatic heterocycles. The standard InChI is InChI=1S/C18H19N3O5/c1-2-26-18(23)16-14(10-5-3-6-11(9-10)21(24)25)15-12(20-17(16)19)7-4-8-13(15)22/h3,5-6,9,14,20H,2,4,7-8,19H2,1H3. The number of nitro benzene ring substituents is 1. The number of hydrogen-bond acceptors (Lipinski definition) is 7. The van der Waals surface area contributed by atoms with Crippen molar-refractivity contribution in [1.29, 1.82) is 0 Å². The first kappa shape index (κ1) is 17.7. The Morgan fingerprint density at radius 3 is 2.88 bits per heavy atom. The molecule has 0 aromatic heterocycles. The third kappa shape index (κ3) is 3.05. The van der Waals surface area contributed by atoms with E-state index in [1.165, 1.54) is 18.2 Å². The van der Waals surface area contributed by atoms with Gasteiger partial charge in [-0.1, -0.05) is 12.1 Å². The summed E-state index contributed by atoms with van der Waals surface area (Å²) in [7, 11) is 0. The highest BCUT2D eigenvalue weighted by Crippen LogP contribution is 2.42. The van der Waals surface area contributed by atoms with Crippen molar-refractivity contribution >= 4 is 17.4 Å². The molecule has 1 aliphatic carbocycles. The Kier molecular flexibility index (Phi) is 4.75. The van der Waals surface area contributed by atoms with Gasteiger partial charge in [0.15, 0.2) is 5.78 Å². The number of carbonyl (C=O) groups excluding carboxylic acids is 2. The zero-order valence-electron chi connectivity index (χ0n) is 14.3. The number of nitrogens with one attached hydrogen (secondary N) is 1. The van der Waals surface area contributed by atoms with Crippen molar-refractivity contribution in [2.75, 3.05) is 6.61 Å². The maximum atomic E-state index is 12.6. The van der Waals surface area contributed by atoms with Crippen LogP contribution in [0.25, 0.3) is 0 Å². The van der Waals surface area contributed by atoms with Crippen molar-refractivity contribution in [2.24, 2.45) is 5.73 Å². The number of ketones is 1. The maximum Gasteiger partial charge on any atom is 0.338 e. The predicted molar refractivity (Wildman–Crippen MR) is 92.7 cm³/mol. The van der Waals surface area contributed by atoms with Crippen LogP contribution in [0.15, 0.2) is 46.9 Å². The fourth-order valence-electron chi connectivity index (χ4n) is 3.45. The molecule has 1 heterocycles. The molecule has 26 heavy (non-hydrogen) atoms. The summed E-state index contributed by atoms with van der Waals surface area (Å²) in [5, 5.41) is 14.1. The quantitative estimate of drug-likeness (QED) is 0.480. The van der Waals surface area contributed by atoms with Crippen molar-refractivity contribution in [3.63, 3.8) is 0 Å². The van der Waals surface area contributed by atoms with Gasteiger partial charge in [0.2, 0.25) is 0 Å². The number of nitro groups is 1. The molecule has 3 N–H and O–H groups in total. The molecule has 1 unspecified atom stereocenters. The average molecular weight is 357 g/mol. The van der Waals surface area contributed by atoms with E-state index in [9.17, 15) is 19.7 Å². The van der Waals surface area contributed by atoms with E-state index in [1.54, 1.807) is 13.0 Å². The fourth-order valence-corrected chi connectivity index (χ4v) is 3.45. The van der Waals surface area contributed by atoms with Gasteiger partial charge in [0.25, 0.3) is 5.69 Å². The third-order valence-corrected chi connectivity index (χ3v) is 4.52. The highest BCUT2D eigenvalue weighted by atomic mass is 16.6. The smallest absolute Gasteiger partial charge is 0.338 e. The highest BCUT2D eigenvalue weighted by Gasteiger charge is 2.40. The van der Waals surface area contributed by atoms with Gasteiger partial charge in [-0.2, -0.15) is 0 Å². The van der Waals surface area contributed by atoms with Crippen molar-refractivity contribution in [2.45, 2.75) is 32.1 Å². The number of esters is 1. The number of Topliss-reactive ketones (excluding diaryl/α,β-unsaturated/α-hetero) is 1. The number of rotatable bonds is 4. The summed E-state index contributed by atoms with van der Waals surface area (Å²) in [6.07, 6.45) is 1.68. The maximum absolute atomic E-state index is 12.6. The van der Waals surface area contributed by atoms with Crippen LogP contribution in [-0.2, 0) is 14.3 Å². The Hall–Kier alpha value is -3.16. The number of hydrogen-bond donors (Lipinski definition) is 2. The van der Waals surface area contributed by atoms with Gasteiger partial charge in [-0.25, -0.2) is 4.79 Å². The highest BCUT2D eigenvalue weighted by molar-refractivity contribution is 6.03. The lowest BCUT2D eigenvalue weighted by Crippen LogP contribution is -2.37. The molecule has 136 valence electrons. The number of nitrogens with two attached hydrogens (primary N) is 1. The summed E-state index contributed by atoms with van der Waals surface area (Å²) in [6.45, 7) is 1.82. The molecule has 1 atom stereocenters. The second kappa shape index (κ2) is 6.99. The van der Waals surface area contributed by atoms with Gasteiger partial charge >= 0.3 is 5.97 Å². The second-order valence-electron chi connectivity index (χ2n) is 6.13. The van der Waals surface area contributed by atoms with E-state index in [2.05, 4.69) is 5.32 Å². The summed E-state index contributed by atoms with van der Waals surface area (Å²) in [5.74, 6) is -1.39. The Bertz CT molecular complexity index is 856.